The van der Waals surface area contributed by atoms with E-state index in [4.69, 9.17) is 9.84 Å². The third kappa shape index (κ3) is 4.16. The Balaban J connectivity index is 2.87. The second-order valence-electron chi connectivity index (χ2n) is 3.51. The molecular formula is C11H8Br2F2O4S. The molecule has 0 spiro atoms. The lowest BCUT2D eigenvalue weighted by Gasteiger charge is -2.11. The molecule has 0 bridgehead atoms. The molecule has 0 aliphatic rings. The molecule has 0 aromatic heterocycles. The van der Waals surface area contributed by atoms with Crippen LogP contribution >= 0.6 is 43.6 Å². The molecule has 0 amide bonds. The largest absolute Gasteiger partial charge is 0.494 e. The van der Waals surface area contributed by atoms with E-state index in [1.165, 1.54) is 19.2 Å². The number of ketones is 1. The highest BCUT2D eigenvalue weighted by atomic mass is 79.9. The SMILES string of the molecule is COc1c(Br)cc(C(=O)CSC(F)(F)C(=O)O)cc1Br. The van der Waals surface area contributed by atoms with E-state index < -0.39 is 22.8 Å². The molecule has 110 valence electrons. The van der Waals surface area contributed by atoms with Crippen molar-refractivity contribution in [2.75, 3.05) is 12.9 Å². The Morgan fingerprint density at radius 3 is 2.25 bits per heavy atom. The molecule has 0 aliphatic heterocycles. The third-order valence-electron chi connectivity index (χ3n) is 2.16. The zero-order chi connectivity index (χ0) is 15.5. The molecule has 0 heterocycles. The zero-order valence-electron chi connectivity index (χ0n) is 9.95. The third-order valence-corrected chi connectivity index (χ3v) is 4.28. The first-order valence-electron chi connectivity index (χ1n) is 5.00. The summed E-state index contributed by atoms with van der Waals surface area (Å²) in [4.78, 5) is 22.0. The number of aliphatic carboxylic acids is 1. The number of Topliss-reactive ketones (excluding diaryl/α,β-unsaturated/α-hetero) is 1. The van der Waals surface area contributed by atoms with Crippen LogP contribution in [-0.4, -0.2) is 35.0 Å². The number of hydrogen-bond donors (Lipinski definition) is 1. The Labute approximate surface area is 134 Å². The van der Waals surface area contributed by atoms with Crippen molar-refractivity contribution >= 4 is 55.4 Å². The second-order valence-corrected chi connectivity index (χ2v) is 6.31. The van der Waals surface area contributed by atoms with Crippen LogP contribution in [0.4, 0.5) is 8.78 Å². The first-order chi connectivity index (χ1) is 9.19. The summed E-state index contributed by atoms with van der Waals surface area (Å²) in [6.45, 7) is 0. The number of carbonyl (C=O) groups is 2. The van der Waals surface area contributed by atoms with Crippen LogP contribution < -0.4 is 4.74 Å². The van der Waals surface area contributed by atoms with Crippen LogP contribution in [0.1, 0.15) is 10.4 Å². The highest BCUT2D eigenvalue weighted by Gasteiger charge is 2.40. The molecule has 1 N–H and O–H groups in total. The lowest BCUT2D eigenvalue weighted by atomic mass is 10.1. The molecular weight excluding hydrogens is 426 g/mol. The van der Waals surface area contributed by atoms with Crippen molar-refractivity contribution < 1.29 is 28.2 Å². The van der Waals surface area contributed by atoms with E-state index in [-0.39, 0.29) is 17.3 Å². The average Bonchev–Trinajstić information content (AvgIpc) is 2.35. The van der Waals surface area contributed by atoms with Crippen molar-refractivity contribution in [2.45, 2.75) is 5.25 Å². The molecule has 0 radical (unpaired) electrons. The monoisotopic (exact) mass is 432 g/mol. The molecule has 0 unspecified atom stereocenters. The minimum Gasteiger partial charge on any atom is -0.494 e. The van der Waals surface area contributed by atoms with E-state index in [1.807, 2.05) is 0 Å². The van der Waals surface area contributed by atoms with Crippen LogP contribution in [0.2, 0.25) is 0 Å². The Hall–Kier alpha value is -0.670. The summed E-state index contributed by atoms with van der Waals surface area (Å²) >= 11 is 6.14. The van der Waals surface area contributed by atoms with Crippen molar-refractivity contribution in [3.8, 4) is 5.75 Å². The maximum Gasteiger partial charge on any atom is 0.389 e. The van der Waals surface area contributed by atoms with Crippen molar-refractivity contribution in [3.63, 3.8) is 0 Å². The second kappa shape index (κ2) is 6.86. The summed E-state index contributed by atoms with van der Waals surface area (Å²) in [5.41, 5.74) is 0.165. The molecule has 1 aromatic rings. The van der Waals surface area contributed by atoms with Gasteiger partial charge < -0.3 is 9.84 Å². The van der Waals surface area contributed by atoms with Gasteiger partial charge in [-0.2, -0.15) is 8.78 Å². The smallest absolute Gasteiger partial charge is 0.389 e. The van der Waals surface area contributed by atoms with Gasteiger partial charge in [0.05, 0.1) is 21.8 Å². The Bertz CT molecular complexity index is 528. The molecule has 9 heteroatoms. The van der Waals surface area contributed by atoms with Crippen LogP contribution in [0.3, 0.4) is 0 Å². The maximum absolute atomic E-state index is 12.9. The van der Waals surface area contributed by atoms with Gasteiger partial charge in [-0.05, 0) is 44.0 Å². The first-order valence-corrected chi connectivity index (χ1v) is 7.57. The summed E-state index contributed by atoms with van der Waals surface area (Å²) in [5.74, 6) is -3.07. The van der Waals surface area contributed by atoms with E-state index in [9.17, 15) is 18.4 Å². The normalized spacial score (nSPS) is 11.2. The number of rotatable bonds is 6. The van der Waals surface area contributed by atoms with E-state index in [0.717, 1.165) is 0 Å². The standard InChI is InChI=1S/C11H8Br2F2O4S/c1-19-9-6(12)2-5(3-7(9)13)8(16)4-20-11(14,15)10(17)18/h2-3H,4H2,1H3,(H,17,18). The summed E-state index contributed by atoms with van der Waals surface area (Å²) < 4.78 is 31.8. The number of benzene rings is 1. The van der Waals surface area contributed by atoms with Crippen LogP contribution in [0.15, 0.2) is 21.1 Å². The lowest BCUT2D eigenvalue weighted by molar-refractivity contribution is -0.152. The molecule has 0 saturated heterocycles. The molecule has 20 heavy (non-hydrogen) atoms. The van der Waals surface area contributed by atoms with E-state index in [2.05, 4.69) is 31.9 Å². The van der Waals surface area contributed by atoms with Crippen LogP contribution in [0.25, 0.3) is 0 Å². The van der Waals surface area contributed by atoms with Crippen molar-refractivity contribution in [1.82, 2.24) is 0 Å². The molecule has 0 atom stereocenters. The number of carboxylic acid groups (broad SMARTS) is 1. The Kier molecular flexibility index (Phi) is 5.96. The van der Waals surface area contributed by atoms with Crippen LogP contribution in [0, 0.1) is 0 Å². The van der Waals surface area contributed by atoms with Crippen molar-refractivity contribution in [1.29, 1.82) is 0 Å². The summed E-state index contributed by atoms with van der Waals surface area (Å²) in [7, 11) is 1.44. The highest BCUT2D eigenvalue weighted by Crippen LogP contribution is 2.35. The van der Waals surface area contributed by atoms with E-state index in [1.54, 1.807) is 0 Å². The van der Waals surface area contributed by atoms with Crippen LogP contribution in [0.5, 0.6) is 5.75 Å². The van der Waals surface area contributed by atoms with Crippen molar-refractivity contribution in [2.24, 2.45) is 0 Å². The predicted molar refractivity (Wildman–Crippen MR) is 77.8 cm³/mol. The fourth-order valence-corrected chi connectivity index (χ4v) is 3.33. The van der Waals surface area contributed by atoms with Gasteiger partial charge in [0.15, 0.2) is 5.78 Å². The summed E-state index contributed by atoms with van der Waals surface area (Å²) in [6.07, 6.45) is 0. The number of thioether (sulfide) groups is 1. The topological polar surface area (TPSA) is 63.6 Å². The molecule has 0 fully saturated rings. The number of halogens is 4. The predicted octanol–water partition coefficient (Wildman–Crippen LogP) is 3.81. The lowest BCUT2D eigenvalue weighted by Crippen LogP contribution is -2.25. The summed E-state index contributed by atoms with van der Waals surface area (Å²) in [5, 5.41) is 4.28. The minimum absolute atomic E-state index is 0.165. The molecule has 4 nitrogen and oxygen atoms in total. The van der Waals surface area contributed by atoms with Gasteiger partial charge in [0, 0.05) is 5.56 Å². The number of methoxy groups -OCH3 is 1. The van der Waals surface area contributed by atoms with Gasteiger partial charge in [-0.25, -0.2) is 4.79 Å². The van der Waals surface area contributed by atoms with Gasteiger partial charge in [-0.3, -0.25) is 4.79 Å². The van der Waals surface area contributed by atoms with E-state index >= 15 is 0 Å². The Morgan fingerprint density at radius 2 is 1.85 bits per heavy atom. The number of ether oxygens (including phenoxy) is 1. The summed E-state index contributed by atoms with van der Waals surface area (Å²) in [6, 6.07) is 2.84. The van der Waals surface area contributed by atoms with Gasteiger partial charge >= 0.3 is 11.2 Å². The Morgan fingerprint density at radius 1 is 1.35 bits per heavy atom. The van der Waals surface area contributed by atoms with Crippen molar-refractivity contribution in [3.05, 3.63) is 26.6 Å². The fourth-order valence-electron chi connectivity index (χ4n) is 1.22. The van der Waals surface area contributed by atoms with Crippen LogP contribution in [-0.2, 0) is 4.79 Å². The van der Waals surface area contributed by atoms with Gasteiger partial charge in [0.2, 0.25) is 0 Å². The van der Waals surface area contributed by atoms with Gasteiger partial charge in [0.1, 0.15) is 5.75 Å². The highest BCUT2D eigenvalue weighted by molar-refractivity contribution is 9.11. The molecule has 0 aliphatic carbocycles. The zero-order valence-corrected chi connectivity index (χ0v) is 13.9. The average molecular weight is 434 g/mol. The maximum atomic E-state index is 12.9. The molecule has 0 saturated carbocycles. The van der Waals surface area contributed by atoms with E-state index in [0.29, 0.717) is 14.7 Å². The van der Waals surface area contributed by atoms with Gasteiger partial charge in [-0.15, -0.1) is 0 Å². The van der Waals surface area contributed by atoms with Gasteiger partial charge in [0.25, 0.3) is 0 Å². The minimum atomic E-state index is -3.99. The number of hydrogen-bond acceptors (Lipinski definition) is 4. The first kappa shape index (κ1) is 17.4. The number of carboxylic acids is 1. The molecule has 1 aromatic carbocycles. The quantitative estimate of drug-likeness (QED) is 0.691. The number of carbonyl (C=O) groups excluding carboxylic acids is 1. The van der Waals surface area contributed by atoms with Gasteiger partial charge in [-0.1, -0.05) is 11.8 Å². The fraction of sp³-hybridized carbons (Fsp3) is 0.273. The number of alkyl halides is 2. The molecule has 1 rings (SSSR count).